The van der Waals surface area contributed by atoms with Crippen LogP contribution in [0.1, 0.15) is 17.0 Å². The third-order valence-electron chi connectivity index (χ3n) is 2.19. The second-order valence-corrected chi connectivity index (χ2v) is 3.43. The highest BCUT2D eigenvalue weighted by atomic mass is 15.2. The van der Waals surface area contributed by atoms with Crippen LogP contribution in [0.5, 0.6) is 0 Å². The summed E-state index contributed by atoms with van der Waals surface area (Å²) < 4.78 is 0. The molecule has 0 aliphatic rings. The average molecular weight is 203 g/mol. The molecular formula is C10H13N5. The van der Waals surface area contributed by atoms with Crippen molar-refractivity contribution >= 4 is 5.82 Å². The molecule has 15 heavy (non-hydrogen) atoms. The van der Waals surface area contributed by atoms with Crippen LogP contribution < -0.4 is 5.32 Å². The highest BCUT2D eigenvalue weighted by molar-refractivity contribution is 5.34. The van der Waals surface area contributed by atoms with E-state index in [9.17, 15) is 0 Å². The molecular weight excluding hydrogens is 190 g/mol. The summed E-state index contributed by atoms with van der Waals surface area (Å²) in [7, 11) is 0. The molecule has 0 aliphatic carbocycles. The molecule has 0 saturated carbocycles. The van der Waals surface area contributed by atoms with Gasteiger partial charge in [0, 0.05) is 17.8 Å². The van der Waals surface area contributed by atoms with Crippen LogP contribution in [0, 0.1) is 13.8 Å². The second kappa shape index (κ2) is 4.08. The second-order valence-electron chi connectivity index (χ2n) is 3.43. The van der Waals surface area contributed by atoms with E-state index in [4.69, 9.17) is 0 Å². The van der Waals surface area contributed by atoms with E-state index in [-0.39, 0.29) is 0 Å². The summed E-state index contributed by atoms with van der Waals surface area (Å²) in [4.78, 5) is 0. The zero-order valence-electron chi connectivity index (χ0n) is 8.78. The molecule has 2 rings (SSSR count). The maximum Gasteiger partial charge on any atom is 0.148 e. The summed E-state index contributed by atoms with van der Waals surface area (Å²) in [5.41, 5.74) is 3.12. The van der Waals surface area contributed by atoms with Crippen molar-refractivity contribution in [2.45, 2.75) is 20.4 Å². The van der Waals surface area contributed by atoms with Crippen LogP contribution in [-0.2, 0) is 6.54 Å². The van der Waals surface area contributed by atoms with Gasteiger partial charge < -0.3 is 5.32 Å². The molecule has 5 nitrogen and oxygen atoms in total. The first kappa shape index (κ1) is 9.64. The standard InChI is InChI=1S/C10H13N5/c1-7-3-4-10(15-13-7)11-5-9-6-12-14-8(9)2/h3-4,6H,5H2,1-2H3,(H,11,15)(H,12,14). The van der Waals surface area contributed by atoms with Gasteiger partial charge in [-0.05, 0) is 26.0 Å². The predicted octanol–water partition coefficient (Wildman–Crippen LogP) is 1.43. The number of nitrogens with zero attached hydrogens (tertiary/aromatic N) is 3. The van der Waals surface area contributed by atoms with E-state index in [2.05, 4.69) is 25.7 Å². The van der Waals surface area contributed by atoms with Gasteiger partial charge in [0.25, 0.3) is 0 Å². The summed E-state index contributed by atoms with van der Waals surface area (Å²) in [6.45, 7) is 4.61. The van der Waals surface area contributed by atoms with Crippen molar-refractivity contribution in [1.82, 2.24) is 20.4 Å². The number of aryl methyl sites for hydroxylation is 2. The summed E-state index contributed by atoms with van der Waals surface area (Å²) >= 11 is 0. The Morgan fingerprint density at radius 1 is 1.27 bits per heavy atom. The number of H-pyrrole nitrogens is 1. The lowest BCUT2D eigenvalue weighted by molar-refractivity contribution is 0.960. The van der Waals surface area contributed by atoms with E-state index in [1.807, 2.05) is 32.2 Å². The van der Waals surface area contributed by atoms with Crippen molar-refractivity contribution in [2.75, 3.05) is 5.32 Å². The monoisotopic (exact) mass is 203 g/mol. The molecule has 0 atom stereocenters. The van der Waals surface area contributed by atoms with Crippen LogP contribution >= 0.6 is 0 Å². The molecule has 0 amide bonds. The Bertz CT molecular complexity index is 431. The molecule has 0 aliphatic heterocycles. The van der Waals surface area contributed by atoms with Gasteiger partial charge in [-0.25, -0.2) is 0 Å². The van der Waals surface area contributed by atoms with Gasteiger partial charge in [0.15, 0.2) is 0 Å². The molecule has 0 spiro atoms. The van der Waals surface area contributed by atoms with Crippen LogP contribution in [0.15, 0.2) is 18.3 Å². The van der Waals surface area contributed by atoms with Crippen molar-refractivity contribution in [1.29, 1.82) is 0 Å². The Kier molecular flexibility index (Phi) is 2.62. The van der Waals surface area contributed by atoms with Crippen molar-refractivity contribution in [3.63, 3.8) is 0 Å². The fraction of sp³-hybridized carbons (Fsp3) is 0.300. The largest absolute Gasteiger partial charge is 0.364 e. The first-order valence-corrected chi connectivity index (χ1v) is 4.79. The summed E-state index contributed by atoms with van der Waals surface area (Å²) in [6, 6.07) is 3.84. The predicted molar refractivity (Wildman–Crippen MR) is 57.4 cm³/mol. The van der Waals surface area contributed by atoms with E-state index < -0.39 is 0 Å². The number of aromatic amines is 1. The summed E-state index contributed by atoms with van der Waals surface area (Å²) in [5.74, 6) is 0.779. The third kappa shape index (κ3) is 2.31. The fourth-order valence-corrected chi connectivity index (χ4v) is 1.23. The van der Waals surface area contributed by atoms with Gasteiger partial charge in [-0.3, -0.25) is 5.10 Å². The molecule has 0 unspecified atom stereocenters. The van der Waals surface area contributed by atoms with E-state index in [0.29, 0.717) is 6.54 Å². The minimum absolute atomic E-state index is 0.708. The Morgan fingerprint density at radius 2 is 2.13 bits per heavy atom. The van der Waals surface area contributed by atoms with Crippen LogP contribution in [-0.4, -0.2) is 20.4 Å². The topological polar surface area (TPSA) is 66.5 Å². The average Bonchev–Trinajstić information content (AvgIpc) is 2.63. The van der Waals surface area contributed by atoms with Crippen molar-refractivity contribution in [3.8, 4) is 0 Å². The molecule has 0 saturated heterocycles. The van der Waals surface area contributed by atoms with Gasteiger partial charge in [-0.2, -0.15) is 10.2 Å². The molecule has 78 valence electrons. The smallest absolute Gasteiger partial charge is 0.148 e. The van der Waals surface area contributed by atoms with Crippen molar-refractivity contribution in [2.24, 2.45) is 0 Å². The fourth-order valence-electron chi connectivity index (χ4n) is 1.23. The Labute approximate surface area is 87.9 Å². The van der Waals surface area contributed by atoms with E-state index >= 15 is 0 Å². The van der Waals surface area contributed by atoms with Gasteiger partial charge >= 0.3 is 0 Å². The number of hydrogen-bond donors (Lipinski definition) is 2. The number of anilines is 1. The molecule has 0 fully saturated rings. The zero-order chi connectivity index (χ0) is 10.7. The van der Waals surface area contributed by atoms with E-state index in [1.54, 1.807) is 0 Å². The van der Waals surface area contributed by atoms with Crippen LogP contribution in [0.4, 0.5) is 5.82 Å². The molecule has 0 aromatic carbocycles. The first-order valence-electron chi connectivity index (χ1n) is 4.79. The summed E-state index contributed by atoms with van der Waals surface area (Å²) in [6.07, 6.45) is 1.81. The van der Waals surface area contributed by atoms with E-state index in [1.165, 1.54) is 0 Å². The molecule has 2 aromatic heterocycles. The lowest BCUT2D eigenvalue weighted by Gasteiger charge is -2.03. The number of aromatic nitrogens is 4. The van der Waals surface area contributed by atoms with Crippen LogP contribution in [0.3, 0.4) is 0 Å². The minimum atomic E-state index is 0.708. The molecule has 5 heteroatoms. The highest BCUT2D eigenvalue weighted by Gasteiger charge is 2.00. The molecule has 0 bridgehead atoms. The quantitative estimate of drug-likeness (QED) is 0.791. The summed E-state index contributed by atoms with van der Waals surface area (Å²) in [5, 5.41) is 18.0. The van der Waals surface area contributed by atoms with Crippen molar-refractivity contribution < 1.29 is 0 Å². The molecule has 2 heterocycles. The Morgan fingerprint density at radius 3 is 2.73 bits per heavy atom. The molecule has 0 radical (unpaired) electrons. The third-order valence-corrected chi connectivity index (χ3v) is 2.19. The molecule has 2 aromatic rings. The van der Waals surface area contributed by atoms with Gasteiger partial charge in [0.1, 0.15) is 5.82 Å². The zero-order valence-corrected chi connectivity index (χ0v) is 8.78. The maximum absolute atomic E-state index is 4.02. The number of hydrogen-bond acceptors (Lipinski definition) is 4. The minimum Gasteiger partial charge on any atom is -0.364 e. The van der Waals surface area contributed by atoms with Crippen LogP contribution in [0.2, 0.25) is 0 Å². The Hall–Kier alpha value is -1.91. The van der Waals surface area contributed by atoms with Gasteiger partial charge in [0.05, 0.1) is 11.9 Å². The lowest BCUT2D eigenvalue weighted by atomic mass is 10.2. The Balaban J connectivity index is 1.99. The van der Waals surface area contributed by atoms with Crippen LogP contribution in [0.25, 0.3) is 0 Å². The van der Waals surface area contributed by atoms with Crippen molar-refractivity contribution in [3.05, 3.63) is 35.3 Å². The van der Waals surface area contributed by atoms with Gasteiger partial charge in [-0.15, -0.1) is 5.10 Å². The maximum atomic E-state index is 4.02. The number of nitrogens with one attached hydrogen (secondary N) is 2. The van der Waals surface area contributed by atoms with E-state index in [0.717, 1.165) is 22.8 Å². The number of rotatable bonds is 3. The lowest BCUT2D eigenvalue weighted by Crippen LogP contribution is -2.02. The SMILES string of the molecule is Cc1ccc(NCc2cn[nH]c2C)nn1. The normalized spacial score (nSPS) is 10.3. The van der Waals surface area contributed by atoms with Gasteiger partial charge in [0.2, 0.25) is 0 Å². The first-order chi connectivity index (χ1) is 7.25. The van der Waals surface area contributed by atoms with Gasteiger partial charge in [-0.1, -0.05) is 0 Å². The molecule has 2 N–H and O–H groups in total. The highest BCUT2D eigenvalue weighted by Crippen LogP contribution is 2.07.